The molecule has 2 saturated heterocycles. The number of hydrogen-bond donors (Lipinski definition) is 0. The first-order chi connectivity index (χ1) is 13.8. The molecule has 29 heavy (non-hydrogen) atoms. The summed E-state index contributed by atoms with van der Waals surface area (Å²) in [6.07, 6.45) is -2.37. The number of ether oxygens (including phenoxy) is 5. The van der Waals surface area contributed by atoms with Crippen molar-refractivity contribution < 1.29 is 45.6 Å². The molecule has 0 aromatic heterocycles. The van der Waals surface area contributed by atoms with Crippen molar-refractivity contribution in [2.24, 2.45) is 11.8 Å². The second kappa shape index (κ2) is 9.38. The molecule has 0 amide bonds. The van der Waals surface area contributed by atoms with Crippen LogP contribution in [0, 0.1) is 23.5 Å². The van der Waals surface area contributed by atoms with E-state index in [9.17, 15) is 22.0 Å². The lowest BCUT2D eigenvalue weighted by Crippen LogP contribution is -2.42. The smallest absolute Gasteiger partial charge is 0.422 e. The SMILES string of the molecule is C/C=C/[C@H]1CO[C@H]([C@H]2CO[C@H](c3cc(F)c(OCC(F)(F)F)c(F)c3)OC2)OC1. The van der Waals surface area contributed by atoms with Crippen LogP contribution in [0.1, 0.15) is 18.8 Å². The molecule has 162 valence electrons. The maximum atomic E-state index is 14.0. The first-order valence-electron chi connectivity index (χ1n) is 9.04. The molecular formula is C19H21F5O5. The molecule has 0 unspecified atom stereocenters. The molecule has 2 aliphatic rings. The minimum absolute atomic E-state index is 0.00330. The number of halogens is 5. The van der Waals surface area contributed by atoms with Crippen molar-refractivity contribution in [1.29, 1.82) is 0 Å². The molecule has 2 heterocycles. The van der Waals surface area contributed by atoms with E-state index in [0.717, 1.165) is 12.1 Å². The zero-order valence-electron chi connectivity index (χ0n) is 15.6. The van der Waals surface area contributed by atoms with Gasteiger partial charge in [-0.2, -0.15) is 13.2 Å². The second-order valence-corrected chi connectivity index (χ2v) is 6.80. The summed E-state index contributed by atoms with van der Waals surface area (Å²) >= 11 is 0. The van der Waals surface area contributed by atoms with Crippen LogP contribution in [0.3, 0.4) is 0 Å². The van der Waals surface area contributed by atoms with E-state index in [-0.39, 0.29) is 30.6 Å². The van der Waals surface area contributed by atoms with Crippen molar-refractivity contribution in [2.45, 2.75) is 25.7 Å². The van der Waals surface area contributed by atoms with E-state index < -0.39 is 42.7 Å². The van der Waals surface area contributed by atoms with Crippen LogP contribution in [-0.4, -0.2) is 45.5 Å². The van der Waals surface area contributed by atoms with E-state index in [0.29, 0.717) is 13.2 Å². The van der Waals surface area contributed by atoms with Crippen LogP contribution in [0.5, 0.6) is 5.75 Å². The van der Waals surface area contributed by atoms with E-state index in [2.05, 4.69) is 4.74 Å². The molecule has 3 rings (SSSR count). The average molecular weight is 424 g/mol. The molecule has 0 spiro atoms. The number of allylic oxidation sites excluding steroid dienone is 1. The predicted molar refractivity (Wildman–Crippen MR) is 90.0 cm³/mol. The fourth-order valence-electron chi connectivity index (χ4n) is 3.06. The average Bonchev–Trinajstić information content (AvgIpc) is 2.67. The molecule has 1 aromatic rings. The number of alkyl halides is 3. The molecule has 0 radical (unpaired) electrons. The van der Waals surface area contributed by atoms with Crippen molar-refractivity contribution in [3.8, 4) is 5.75 Å². The maximum Gasteiger partial charge on any atom is 0.422 e. The normalized spacial score (nSPS) is 28.6. The Morgan fingerprint density at radius 2 is 1.59 bits per heavy atom. The summed E-state index contributed by atoms with van der Waals surface area (Å²) in [6.45, 7) is 1.46. The van der Waals surface area contributed by atoms with E-state index >= 15 is 0 Å². The number of benzene rings is 1. The highest BCUT2D eigenvalue weighted by Crippen LogP contribution is 2.33. The minimum atomic E-state index is -4.71. The quantitative estimate of drug-likeness (QED) is 0.526. The van der Waals surface area contributed by atoms with Gasteiger partial charge in [-0.25, -0.2) is 8.78 Å². The van der Waals surface area contributed by atoms with Gasteiger partial charge in [-0.15, -0.1) is 0 Å². The van der Waals surface area contributed by atoms with E-state index in [1.54, 1.807) is 0 Å². The minimum Gasteiger partial charge on any atom is -0.478 e. The Labute approximate surface area is 164 Å². The molecule has 1 aromatic carbocycles. The first-order valence-corrected chi connectivity index (χ1v) is 9.04. The highest BCUT2D eigenvalue weighted by atomic mass is 19.4. The fourth-order valence-corrected chi connectivity index (χ4v) is 3.06. The van der Waals surface area contributed by atoms with Crippen molar-refractivity contribution in [3.05, 3.63) is 41.5 Å². The van der Waals surface area contributed by atoms with E-state index in [1.807, 2.05) is 19.1 Å². The van der Waals surface area contributed by atoms with Crippen LogP contribution in [0.25, 0.3) is 0 Å². The molecule has 2 fully saturated rings. The van der Waals surface area contributed by atoms with Gasteiger partial charge >= 0.3 is 6.18 Å². The lowest BCUT2D eigenvalue weighted by atomic mass is 10.1. The Kier molecular flexibility index (Phi) is 7.10. The number of hydrogen-bond acceptors (Lipinski definition) is 5. The molecule has 2 aliphatic heterocycles. The van der Waals surface area contributed by atoms with Crippen molar-refractivity contribution in [2.75, 3.05) is 33.0 Å². The predicted octanol–water partition coefficient (Wildman–Crippen LogP) is 4.13. The Balaban J connectivity index is 1.55. The summed E-state index contributed by atoms with van der Waals surface area (Å²) in [5.74, 6) is -3.68. The molecule has 10 heteroatoms. The third-order valence-corrected chi connectivity index (χ3v) is 4.39. The number of rotatable bonds is 5. The monoisotopic (exact) mass is 424 g/mol. The molecular weight excluding hydrogens is 403 g/mol. The summed E-state index contributed by atoms with van der Waals surface area (Å²) in [7, 11) is 0. The standard InChI is InChI=1S/C19H21F5O5/c1-2-3-11-6-25-18(26-7-11)13-8-27-17(28-9-13)12-4-14(20)16(15(21)5-12)29-10-19(22,23)24/h2-5,11,13,17-18H,6-10H2,1H3/b3-2+/t11-,13-,17-,18-. The summed E-state index contributed by atoms with van der Waals surface area (Å²) in [5, 5.41) is 0. The van der Waals surface area contributed by atoms with Crippen LogP contribution in [0.15, 0.2) is 24.3 Å². The van der Waals surface area contributed by atoms with Gasteiger partial charge in [0.15, 0.2) is 36.6 Å². The van der Waals surface area contributed by atoms with Crippen LogP contribution >= 0.6 is 0 Å². The molecule has 0 aliphatic carbocycles. The van der Waals surface area contributed by atoms with Gasteiger partial charge in [0.2, 0.25) is 0 Å². The zero-order valence-corrected chi connectivity index (χ0v) is 15.6. The highest BCUT2D eigenvalue weighted by Gasteiger charge is 2.35. The molecule has 0 saturated carbocycles. The topological polar surface area (TPSA) is 46.2 Å². The third-order valence-electron chi connectivity index (χ3n) is 4.39. The summed E-state index contributed by atoms with van der Waals surface area (Å²) < 4.78 is 91.2. The fraction of sp³-hybridized carbons (Fsp3) is 0.579. The lowest BCUT2D eigenvalue weighted by Gasteiger charge is -2.37. The molecule has 0 atom stereocenters. The Morgan fingerprint density at radius 3 is 2.10 bits per heavy atom. The Bertz CT molecular complexity index is 684. The molecule has 5 nitrogen and oxygen atoms in total. The second-order valence-electron chi connectivity index (χ2n) is 6.80. The van der Waals surface area contributed by atoms with E-state index in [4.69, 9.17) is 18.9 Å². The van der Waals surface area contributed by atoms with Crippen LogP contribution < -0.4 is 4.74 Å². The van der Waals surface area contributed by atoms with Crippen LogP contribution in [0.2, 0.25) is 0 Å². The van der Waals surface area contributed by atoms with Gasteiger partial charge < -0.3 is 23.7 Å². The molecule has 0 N–H and O–H groups in total. The van der Waals surface area contributed by atoms with Gasteiger partial charge in [0.25, 0.3) is 0 Å². The van der Waals surface area contributed by atoms with Crippen molar-refractivity contribution in [1.82, 2.24) is 0 Å². The van der Waals surface area contributed by atoms with Gasteiger partial charge in [0.1, 0.15) is 0 Å². The third kappa shape index (κ3) is 5.88. The summed E-state index contributed by atoms with van der Waals surface area (Å²) in [5.41, 5.74) is -0.00330. The van der Waals surface area contributed by atoms with Crippen LogP contribution in [-0.2, 0) is 18.9 Å². The largest absolute Gasteiger partial charge is 0.478 e. The Morgan fingerprint density at radius 1 is 1.00 bits per heavy atom. The first kappa shape index (κ1) is 21.9. The van der Waals surface area contributed by atoms with Gasteiger partial charge in [0, 0.05) is 11.5 Å². The highest BCUT2D eigenvalue weighted by molar-refractivity contribution is 5.32. The summed E-state index contributed by atoms with van der Waals surface area (Å²) in [6, 6.07) is 1.66. The van der Waals surface area contributed by atoms with Crippen molar-refractivity contribution >= 4 is 0 Å². The van der Waals surface area contributed by atoms with Crippen molar-refractivity contribution in [3.63, 3.8) is 0 Å². The molecule has 0 bridgehead atoms. The van der Waals surface area contributed by atoms with E-state index in [1.165, 1.54) is 0 Å². The Hall–Kier alpha value is -1.75. The summed E-state index contributed by atoms with van der Waals surface area (Å²) in [4.78, 5) is 0. The van der Waals surface area contributed by atoms with Crippen LogP contribution in [0.4, 0.5) is 22.0 Å². The van der Waals surface area contributed by atoms with Gasteiger partial charge in [-0.3, -0.25) is 0 Å². The van der Waals surface area contributed by atoms with Gasteiger partial charge in [-0.05, 0) is 19.1 Å². The maximum absolute atomic E-state index is 14.0. The lowest BCUT2D eigenvalue weighted by molar-refractivity contribution is -0.280. The van der Waals surface area contributed by atoms with Gasteiger partial charge in [-0.1, -0.05) is 12.2 Å². The van der Waals surface area contributed by atoms with Gasteiger partial charge in [0.05, 0.1) is 32.3 Å². The zero-order chi connectivity index (χ0) is 21.0.